The zero-order valence-corrected chi connectivity index (χ0v) is 20.5. The number of carbonyl (C=O) groups is 1. The van der Waals surface area contributed by atoms with Gasteiger partial charge >= 0.3 is 5.97 Å². The van der Waals surface area contributed by atoms with E-state index in [-0.39, 0.29) is 5.97 Å². The molecule has 0 unspecified atom stereocenters. The van der Waals surface area contributed by atoms with Gasteiger partial charge in [0.25, 0.3) is 0 Å². The Hall–Kier alpha value is -2.34. The smallest absolute Gasteiger partial charge is 0.305 e. The predicted molar refractivity (Wildman–Crippen MR) is 129 cm³/mol. The number of methoxy groups -OCH3 is 1. The number of rotatable bonds is 4. The molecule has 1 fully saturated rings. The Balaban J connectivity index is 1.74. The van der Waals surface area contributed by atoms with Crippen LogP contribution in [0, 0.1) is 33.6 Å². The van der Waals surface area contributed by atoms with E-state index in [1.807, 2.05) is 0 Å². The molecule has 6 heteroatoms. The molecule has 1 aromatic carbocycles. The molecule has 164 valence electrons. The standard InChI is InChI=1S/C25H30BrN3O2/c1-15-10-20(26)11-16(2)24(15)29-14-17(3)23-21(12-18(4)27-25(23)29)28-8-6-19(7-9-28)13-22(30)31-5/h10-12,14,19H,6-9,13H2,1-5H3. The number of esters is 1. The number of halogens is 1. The SMILES string of the molecule is COC(=O)CC1CCN(c2cc(C)nc3c2c(C)cn3-c2c(C)cc(Br)cc2C)CC1. The summed E-state index contributed by atoms with van der Waals surface area (Å²) < 4.78 is 8.21. The van der Waals surface area contributed by atoms with Crippen molar-refractivity contribution in [2.75, 3.05) is 25.1 Å². The van der Waals surface area contributed by atoms with Gasteiger partial charge in [0.2, 0.25) is 0 Å². The van der Waals surface area contributed by atoms with Crippen molar-refractivity contribution in [1.29, 1.82) is 0 Å². The van der Waals surface area contributed by atoms with E-state index in [9.17, 15) is 4.79 Å². The van der Waals surface area contributed by atoms with Gasteiger partial charge in [0.1, 0.15) is 5.65 Å². The molecule has 0 N–H and O–H groups in total. The lowest BCUT2D eigenvalue weighted by Crippen LogP contribution is -2.34. The Bertz CT molecular complexity index is 1120. The molecule has 0 spiro atoms. The van der Waals surface area contributed by atoms with E-state index in [0.29, 0.717) is 12.3 Å². The summed E-state index contributed by atoms with van der Waals surface area (Å²) in [4.78, 5) is 19.1. The molecule has 3 heterocycles. The molecular weight excluding hydrogens is 454 g/mol. The van der Waals surface area contributed by atoms with Crippen molar-refractivity contribution in [3.05, 3.63) is 51.3 Å². The number of aryl methyl sites for hydroxylation is 4. The highest BCUT2D eigenvalue weighted by Crippen LogP contribution is 2.36. The van der Waals surface area contributed by atoms with E-state index < -0.39 is 0 Å². The summed E-state index contributed by atoms with van der Waals surface area (Å²) >= 11 is 3.61. The average molecular weight is 484 g/mol. The van der Waals surface area contributed by atoms with Crippen LogP contribution >= 0.6 is 15.9 Å². The fourth-order valence-electron chi connectivity index (χ4n) is 4.91. The lowest BCUT2D eigenvalue weighted by molar-refractivity contribution is -0.141. The summed E-state index contributed by atoms with van der Waals surface area (Å²) in [5.74, 6) is 0.301. The first-order chi connectivity index (χ1) is 14.8. The molecule has 4 rings (SSSR count). The number of nitrogens with zero attached hydrogens (tertiary/aromatic N) is 3. The summed E-state index contributed by atoms with van der Waals surface area (Å²) in [7, 11) is 1.47. The molecule has 5 nitrogen and oxygen atoms in total. The van der Waals surface area contributed by atoms with Crippen molar-refractivity contribution in [3.63, 3.8) is 0 Å². The molecule has 0 aliphatic carbocycles. The van der Waals surface area contributed by atoms with Crippen molar-refractivity contribution >= 4 is 38.6 Å². The molecule has 1 aliphatic rings. The third-order valence-electron chi connectivity index (χ3n) is 6.39. The average Bonchev–Trinajstić information content (AvgIpc) is 3.03. The Morgan fingerprint density at radius 1 is 1.10 bits per heavy atom. The summed E-state index contributed by atoms with van der Waals surface area (Å²) in [6.45, 7) is 10.4. The second-order valence-electron chi connectivity index (χ2n) is 8.76. The summed E-state index contributed by atoms with van der Waals surface area (Å²) in [6, 6.07) is 6.53. The van der Waals surface area contributed by atoms with Gasteiger partial charge in [0, 0.05) is 46.9 Å². The molecule has 1 aliphatic heterocycles. The maximum atomic E-state index is 11.7. The molecule has 0 radical (unpaired) electrons. The summed E-state index contributed by atoms with van der Waals surface area (Å²) in [6.07, 6.45) is 4.74. The molecule has 2 aromatic heterocycles. The van der Waals surface area contributed by atoms with Crippen LogP contribution in [-0.4, -0.2) is 35.7 Å². The fourth-order valence-corrected chi connectivity index (χ4v) is 5.60. The quantitative estimate of drug-likeness (QED) is 0.439. The second kappa shape index (κ2) is 8.65. The van der Waals surface area contributed by atoms with Crippen LogP contribution in [-0.2, 0) is 9.53 Å². The van der Waals surface area contributed by atoms with Crippen LogP contribution in [0.3, 0.4) is 0 Å². The normalized spacial score (nSPS) is 15.0. The van der Waals surface area contributed by atoms with Crippen molar-refractivity contribution in [1.82, 2.24) is 9.55 Å². The lowest BCUT2D eigenvalue weighted by atomic mass is 9.93. The Morgan fingerprint density at radius 2 is 1.74 bits per heavy atom. The molecule has 3 aromatic rings. The lowest BCUT2D eigenvalue weighted by Gasteiger charge is -2.34. The number of hydrogen-bond donors (Lipinski definition) is 0. The Morgan fingerprint density at radius 3 is 2.35 bits per heavy atom. The molecule has 31 heavy (non-hydrogen) atoms. The van der Waals surface area contributed by atoms with Crippen LogP contribution in [0.15, 0.2) is 28.9 Å². The third-order valence-corrected chi connectivity index (χ3v) is 6.85. The van der Waals surface area contributed by atoms with Gasteiger partial charge in [-0.2, -0.15) is 0 Å². The number of benzene rings is 1. The van der Waals surface area contributed by atoms with Gasteiger partial charge < -0.3 is 14.2 Å². The minimum absolute atomic E-state index is 0.103. The van der Waals surface area contributed by atoms with Crippen molar-refractivity contribution < 1.29 is 9.53 Å². The van der Waals surface area contributed by atoms with Gasteiger partial charge in [-0.15, -0.1) is 0 Å². The van der Waals surface area contributed by atoms with E-state index in [0.717, 1.165) is 41.7 Å². The van der Waals surface area contributed by atoms with Crippen LogP contribution in [0.5, 0.6) is 0 Å². The largest absolute Gasteiger partial charge is 0.469 e. The highest BCUT2D eigenvalue weighted by molar-refractivity contribution is 9.10. The van der Waals surface area contributed by atoms with Gasteiger partial charge in [-0.3, -0.25) is 4.79 Å². The highest BCUT2D eigenvalue weighted by atomic mass is 79.9. The van der Waals surface area contributed by atoms with E-state index in [4.69, 9.17) is 9.72 Å². The van der Waals surface area contributed by atoms with E-state index in [1.165, 1.54) is 40.6 Å². The van der Waals surface area contributed by atoms with Gasteiger partial charge in [-0.1, -0.05) is 15.9 Å². The van der Waals surface area contributed by atoms with E-state index in [2.05, 4.69) is 77.5 Å². The Labute approximate surface area is 192 Å². The van der Waals surface area contributed by atoms with Gasteiger partial charge in [0.05, 0.1) is 12.8 Å². The molecule has 0 amide bonds. The Kier molecular flexibility index (Phi) is 6.11. The number of ether oxygens (including phenoxy) is 1. The topological polar surface area (TPSA) is 47.4 Å². The van der Waals surface area contributed by atoms with Gasteiger partial charge in [0.15, 0.2) is 0 Å². The molecular formula is C25H30BrN3O2. The minimum Gasteiger partial charge on any atom is -0.469 e. The zero-order chi connectivity index (χ0) is 22.3. The van der Waals surface area contributed by atoms with Crippen molar-refractivity contribution in [3.8, 4) is 5.69 Å². The molecule has 0 bridgehead atoms. The first-order valence-corrected chi connectivity index (χ1v) is 11.7. The third kappa shape index (κ3) is 4.22. The molecule has 0 atom stereocenters. The number of pyridine rings is 1. The number of hydrogen-bond acceptors (Lipinski definition) is 4. The summed E-state index contributed by atoms with van der Waals surface area (Å²) in [5, 5.41) is 1.22. The number of aromatic nitrogens is 2. The fraction of sp³-hybridized carbons (Fsp3) is 0.440. The van der Waals surface area contributed by atoms with E-state index in [1.54, 1.807) is 0 Å². The van der Waals surface area contributed by atoms with Crippen molar-refractivity contribution in [2.24, 2.45) is 5.92 Å². The van der Waals surface area contributed by atoms with Crippen LogP contribution < -0.4 is 4.90 Å². The van der Waals surface area contributed by atoms with Gasteiger partial charge in [-0.05, 0) is 81.3 Å². The number of fused-ring (bicyclic) bond motifs is 1. The van der Waals surface area contributed by atoms with Crippen LogP contribution in [0.2, 0.25) is 0 Å². The van der Waals surface area contributed by atoms with Gasteiger partial charge in [-0.25, -0.2) is 4.98 Å². The monoisotopic (exact) mass is 483 g/mol. The minimum atomic E-state index is -0.103. The maximum absolute atomic E-state index is 11.7. The zero-order valence-electron chi connectivity index (χ0n) is 19.0. The van der Waals surface area contributed by atoms with Crippen LogP contribution in [0.25, 0.3) is 16.7 Å². The first-order valence-electron chi connectivity index (χ1n) is 10.9. The number of piperidine rings is 1. The van der Waals surface area contributed by atoms with Crippen LogP contribution in [0.1, 0.15) is 41.6 Å². The molecule has 1 saturated heterocycles. The predicted octanol–water partition coefficient (Wildman–Crippen LogP) is 5.80. The van der Waals surface area contributed by atoms with E-state index >= 15 is 0 Å². The molecule has 0 saturated carbocycles. The first kappa shape index (κ1) is 21.9. The second-order valence-corrected chi connectivity index (χ2v) is 9.68. The highest BCUT2D eigenvalue weighted by Gasteiger charge is 2.25. The maximum Gasteiger partial charge on any atom is 0.305 e. The number of carbonyl (C=O) groups excluding carboxylic acids is 1. The number of anilines is 1. The van der Waals surface area contributed by atoms with Crippen LogP contribution in [0.4, 0.5) is 5.69 Å². The van der Waals surface area contributed by atoms with Crippen molar-refractivity contribution in [2.45, 2.75) is 47.0 Å². The summed E-state index contributed by atoms with van der Waals surface area (Å²) in [5.41, 5.74) is 8.15.